The second-order valence-electron chi connectivity index (χ2n) is 3.87. The van der Waals surface area contributed by atoms with Crippen LogP contribution in [0.4, 0.5) is 11.5 Å². The second-order valence-corrected chi connectivity index (χ2v) is 3.87. The molecule has 17 heavy (non-hydrogen) atoms. The summed E-state index contributed by atoms with van der Waals surface area (Å²) in [5.74, 6) is 0.898. The lowest BCUT2D eigenvalue weighted by molar-refractivity contribution is 1.34. The van der Waals surface area contributed by atoms with Gasteiger partial charge in [0, 0.05) is 17.3 Å². The molecule has 0 bridgehead atoms. The molecular weight excluding hydrogens is 208 g/mol. The lowest BCUT2D eigenvalue weighted by Crippen LogP contribution is -1.93. The molecule has 0 atom stereocenters. The molecule has 82 valence electrons. The number of nitrogens with one attached hydrogen (secondary N) is 1. The third-order valence-corrected chi connectivity index (χ3v) is 2.71. The summed E-state index contributed by atoms with van der Waals surface area (Å²) in [4.78, 5) is 4.39. The number of aromatic nitrogens is 1. The van der Waals surface area contributed by atoms with Crippen molar-refractivity contribution in [1.82, 2.24) is 4.98 Å². The highest BCUT2D eigenvalue weighted by Gasteiger charge is 2.01. The van der Waals surface area contributed by atoms with Crippen LogP contribution in [0.5, 0.6) is 0 Å². The van der Waals surface area contributed by atoms with E-state index in [-0.39, 0.29) is 0 Å². The lowest BCUT2D eigenvalue weighted by Gasteiger charge is -2.08. The number of anilines is 2. The molecule has 0 spiro atoms. The van der Waals surface area contributed by atoms with Gasteiger partial charge in [0.25, 0.3) is 0 Å². The first kappa shape index (κ1) is 9.85. The normalized spacial score (nSPS) is 10.4. The molecule has 2 heteroatoms. The van der Waals surface area contributed by atoms with Crippen LogP contribution < -0.4 is 5.32 Å². The molecule has 1 aromatic heterocycles. The molecule has 2 nitrogen and oxygen atoms in total. The molecule has 0 aliphatic carbocycles. The first-order chi connectivity index (χ1) is 8.43. The summed E-state index contributed by atoms with van der Waals surface area (Å²) in [7, 11) is 0. The van der Waals surface area contributed by atoms with E-state index in [0.29, 0.717) is 0 Å². The molecule has 0 fully saturated rings. The fraction of sp³-hybridized carbons (Fsp3) is 0. The van der Waals surface area contributed by atoms with Gasteiger partial charge in [-0.2, -0.15) is 0 Å². The van der Waals surface area contributed by atoms with E-state index in [9.17, 15) is 0 Å². The Morgan fingerprint density at radius 1 is 0.765 bits per heavy atom. The fourth-order valence-corrected chi connectivity index (χ4v) is 1.88. The maximum Gasteiger partial charge on any atom is 0.138 e. The van der Waals surface area contributed by atoms with Crippen LogP contribution in [0.2, 0.25) is 0 Å². The Labute approximate surface area is 99.9 Å². The molecular formula is C15H12N2. The van der Waals surface area contributed by atoms with Gasteiger partial charge in [-0.25, -0.2) is 4.98 Å². The number of pyridine rings is 1. The summed E-state index contributed by atoms with van der Waals surface area (Å²) >= 11 is 0. The topological polar surface area (TPSA) is 24.9 Å². The molecule has 0 amide bonds. The van der Waals surface area contributed by atoms with Gasteiger partial charge in [-0.3, -0.25) is 0 Å². The van der Waals surface area contributed by atoms with E-state index in [2.05, 4.69) is 22.4 Å². The van der Waals surface area contributed by atoms with Crippen LogP contribution in [-0.2, 0) is 0 Å². The average molecular weight is 220 g/mol. The van der Waals surface area contributed by atoms with E-state index in [0.717, 1.165) is 16.9 Å². The number of hydrogen-bond acceptors (Lipinski definition) is 2. The molecule has 0 aliphatic heterocycles. The van der Waals surface area contributed by atoms with Gasteiger partial charge in [-0.1, -0.05) is 42.5 Å². The number of rotatable bonds is 2. The average Bonchev–Trinajstić information content (AvgIpc) is 2.40. The summed E-state index contributed by atoms with van der Waals surface area (Å²) in [6, 6.07) is 20.3. The predicted octanol–water partition coefficient (Wildman–Crippen LogP) is 3.98. The van der Waals surface area contributed by atoms with Crippen molar-refractivity contribution in [3.05, 3.63) is 66.9 Å². The van der Waals surface area contributed by atoms with Crippen LogP contribution in [0.1, 0.15) is 0 Å². The standard InChI is InChI=1S/C15H12N2/c1-2-7-13(8-3-1)17-15-14-9-5-4-6-12(14)10-11-16-15/h1-11H,(H,16,17). The molecule has 3 aromatic rings. The Hall–Kier alpha value is -2.35. The van der Waals surface area contributed by atoms with Crippen LogP contribution in [0.15, 0.2) is 66.9 Å². The zero-order chi connectivity index (χ0) is 11.5. The number of nitrogens with zero attached hydrogens (tertiary/aromatic N) is 1. The summed E-state index contributed by atoms with van der Waals surface area (Å²) in [5.41, 5.74) is 1.05. The van der Waals surface area contributed by atoms with Gasteiger partial charge in [0.1, 0.15) is 5.82 Å². The number of benzene rings is 2. The van der Waals surface area contributed by atoms with Gasteiger partial charge >= 0.3 is 0 Å². The minimum absolute atomic E-state index is 0.898. The van der Waals surface area contributed by atoms with Gasteiger partial charge in [-0.05, 0) is 23.6 Å². The minimum Gasteiger partial charge on any atom is -0.340 e. The number of fused-ring (bicyclic) bond motifs is 1. The summed E-state index contributed by atoms with van der Waals surface area (Å²) < 4.78 is 0. The molecule has 1 N–H and O–H groups in total. The third kappa shape index (κ3) is 1.97. The monoisotopic (exact) mass is 220 g/mol. The van der Waals surface area contributed by atoms with E-state index in [1.807, 2.05) is 54.7 Å². The third-order valence-electron chi connectivity index (χ3n) is 2.71. The van der Waals surface area contributed by atoms with E-state index in [1.54, 1.807) is 0 Å². The van der Waals surface area contributed by atoms with Gasteiger partial charge in [-0.15, -0.1) is 0 Å². The summed E-state index contributed by atoms with van der Waals surface area (Å²) in [5, 5.41) is 5.67. The van der Waals surface area contributed by atoms with Crippen LogP contribution in [0, 0.1) is 0 Å². The molecule has 1 heterocycles. The van der Waals surface area contributed by atoms with Crippen molar-refractivity contribution in [1.29, 1.82) is 0 Å². The zero-order valence-corrected chi connectivity index (χ0v) is 9.30. The highest BCUT2D eigenvalue weighted by atomic mass is 15.0. The Morgan fingerprint density at radius 3 is 2.41 bits per heavy atom. The second kappa shape index (κ2) is 4.26. The lowest BCUT2D eigenvalue weighted by atomic mass is 10.1. The number of hydrogen-bond donors (Lipinski definition) is 1. The summed E-state index contributed by atoms with van der Waals surface area (Å²) in [6.45, 7) is 0. The Bertz CT molecular complexity index is 627. The van der Waals surface area contributed by atoms with E-state index < -0.39 is 0 Å². The van der Waals surface area contributed by atoms with Gasteiger partial charge in [0.05, 0.1) is 0 Å². The van der Waals surface area contributed by atoms with E-state index >= 15 is 0 Å². The summed E-state index contributed by atoms with van der Waals surface area (Å²) in [6.07, 6.45) is 1.83. The molecule has 2 aromatic carbocycles. The smallest absolute Gasteiger partial charge is 0.138 e. The first-order valence-corrected chi connectivity index (χ1v) is 5.59. The molecule has 0 aliphatic rings. The largest absolute Gasteiger partial charge is 0.340 e. The van der Waals surface area contributed by atoms with Gasteiger partial charge in [0.2, 0.25) is 0 Å². The molecule has 3 rings (SSSR count). The maximum atomic E-state index is 4.39. The van der Waals surface area contributed by atoms with Gasteiger partial charge in [0.15, 0.2) is 0 Å². The van der Waals surface area contributed by atoms with Crippen molar-refractivity contribution in [2.75, 3.05) is 5.32 Å². The highest BCUT2D eigenvalue weighted by Crippen LogP contribution is 2.23. The van der Waals surface area contributed by atoms with Crippen LogP contribution in [0.25, 0.3) is 10.8 Å². The maximum absolute atomic E-state index is 4.39. The molecule has 0 radical (unpaired) electrons. The SMILES string of the molecule is c1ccc(Nc2nccc3ccccc23)cc1. The fourth-order valence-electron chi connectivity index (χ4n) is 1.88. The van der Waals surface area contributed by atoms with Crippen LogP contribution in [0.3, 0.4) is 0 Å². The Balaban J connectivity index is 2.06. The zero-order valence-electron chi connectivity index (χ0n) is 9.30. The van der Waals surface area contributed by atoms with Crippen molar-refractivity contribution < 1.29 is 0 Å². The van der Waals surface area contributed by atoms with E-state index in [1.165, 1.54) is 5.39 Å². The quantitative estimate of drug-likeness (QED) is 0.706. The van der Waals surface area contributed by atoms with Crippen LogP contribution in [-0.4, -0.2) is 4.98 Å². The van der Waals surface area contributed by atoms with Crippen LogP contribution >= 0.6 is 0 Å². The predicted molar refractivity (Wildman–Crippen MR) is 71.5 cm³/mol. The van der Waals surface area contributed by atoms with Crippen molar-refractivity contribution in [2.45, 2.75) is 0 Å². The van der Waals surface area contributed by atoms with E-state index in [4.69, 9.17) is 0 Å². The number of para-hydroxylation sites is 1. The molecule has 0 saturated heterocycles. The first-order valence-electron chi connectivity index (χ1n) is 5.59. The molecule has 0 saturated carbocycles. The van der Waals surface area contributed by atoms with Crippen molar-refractivity contribution >= 4 is 22.3 Å². The highest BCUT2D eigenvalue weighted by molar-refractivity contribution is 5.93. The Kier molecular flexibility index (Phi) is 2.47. The molecule has 0 unspecified atom stereocenters. The minimum atomic E-state index is 0.898. The van der Waals surface area contributed by atoms with Crippen molar-refractivity contribution in [3.8, 4) is 0 Å². The van der Waals surface area contributed by atoms with Crippen molar-refractivity contribution in [2.24, 2.45) is 0 Å². The van der Waals surface area contributed by atoms with Crippen molar-refractivity contribution in [3.63, 3.8) is 0 Å². The Morgan fingerprint density at radius 2 is 1.53 bits per heavy atom. The van der Waals surface area contributed by atoms with Gasteiger partial charge < -0.3 is 5.32 Å².